The molecular formula is C5H9ClS2. The highest BCUT2D eigenvalue weighted by Crippen LogP contribution is 2.05. The highest BCUT2D eigenvalue weighted by atomic mass is 35.5. The average molecular weight is 169 g/mol. The zero-order valence-electron chi connectivity index (χ0n) is 4.82. The Bertz CT molecular complexity index is 72.8. The van der Waals surface area contributed by atoms with Crippen molar-refractivity contribution in [1.82, 2.24) is 0 Å². The molecule has 0 aromatic heterocycles. The van der Waals surface area contributed by atoms with E-state index in [4.69, 9.17) is 23.8 Å². The fourth-order valence-corrected chi connectivity index (χ4v) is 1.39. The Morgan fingerprint density at radius 3 is 2.75 bits per heavy atom. The van der Waals surface area contributed by atoms with Gasteiger partial charge < -0.3 is 0 Å². The predicted octanol–water partition coefficient (Wildman–Crippen LogP) is 2.70. The van der Waals surface area contributed by atoms with Crippen LogP contribution in [0.5, 0.6) is 0 Å². The fraction of sp³-hybridized carbons (Fsp3) is 0.800. The largest absolute Gasteiger partial charge is 0.127 e. The third-order valence-corrected chi connectivity index (χ3v) is 2.10. The van der Waals surface area contributed by atoms with Crippen LogP contribution in [-0.4, -0.2) is 15.8 Å². The number of hydrogen-bond acceptors (Lipinski definition) is 2. The molecule has 0 spiro atoms. The molecule has 0 fully saturated rings. The van der Waals surface area contributed by atoms with E-state index in [0.717, 1.165) is 22.3 Å². The lowest BCUT2D eigenvalue weighted by Crippen LogP contribution is -1.83. The maximum Gasteiger partial charge on any atom is 0.0447 e. The van der Waals surface area contributed by atoms with E-state index in [1.54, 1.807) is 11.8 Å². The first-order chi connectivity index (χ1) is 3.77. The molecule has 0 saturated heterocycles. The van der Waals surface area contributed by atoms with E-state index in [9.17, 15) is 0 Å². The lowest BCUT2D eigenvalue weighted by atomic mass is 10.6. The second-order valence-electron chi connectivity index (χ2n) is 1.38. The van der Waals surface area contributed by atoms with Gasteiger partial charge in [0.15, 0.2) is 0 Å². The smallest absolute Gasteiger partial charge is 0.0447 e. The van der Waals surface area contributed by atoms with Crippen LogP contribution in [0.25, 0.3) is 0 Å². The number of halogens is 1. The van der Waals surface area contributed by atoms with Gasteiger partial charge in [0.1, 0.15) is 0 Å². The van der Waals surface area contributed by atoms with E-state index in [1.165, 1.54) is 0 Å². The minimum atomic E-state index is 0.746. The van der Waals surface area contributed by atoms with Crippen molar-refractivity contribution in [1.29, 1.82) is 0 Å². The molecule has 0 heterocycles. The van der Waals surface area contributed by atoms with Gasteiger partial charge in [-0.15, -0.1) is 23.4 Å². The predicted molar refractivity (Wildman–Crippen MR) is 46.1 cm³/mol. The van der Waals surface area contributed by atoms with Crippen LogP contribution in [-0.2, 0) is 0 Å². The standard InChI is InChI=1S/C5H9ClS2/c1-5(7)8-4-2-3-6/h2-4H2,1H3. The van der Waals surface area contributed by atoms with Crippen molar-refractivity contribution in [2.24, 2.45) is 0 Å². The summed E-state index contributed by atoms with van der Waals surface area (Å²) in [6.07, 6.45) is 1.06. The number of thiocarbonyl (C=S) groups is 1. The van der Waals surface area contributed by atoms with E-state index in [-0.39, 0.29) is 0 Å². The summed E-state index contributed by atoms with van der Waals surface area (Å²) in [4.78, 5) is 0. The third-order valence-electron chi connectivity index (χ3n) is 0.583. The summed E-state index contributed by atoms with van der Waals surface area (Å²) in [5.41, 5.74) is 0. The Balaban J connectivity index is 2.82. The Morgan fingerprint density at radius 2 is 2.38 bits per heavy atom. The first kappa shape index (κ1) is 8.73. The molecule has 0 N–H and O–H groups in total. The van der Waals surface area contributed by atoms with Crippen LogP contribution in [0.4, 0.5) is 0 Å². The summed E-state index contributed by atoms with van der Waals surface area (Å²) in [5.74, 6) is 1.81. The first-order valence-electron chi connectivity index (χ1n) is 2.46. The van der Waals surface area contributed by atoms with Crippen LogP contribution in [0.3, 0.4) is 0 Å². The van der Waals surface area contributed by atoms with Crippen LogP contribution in [0, 0.1) is 0 Å². The van der Waals surface area contributed by atoms with Gasteiger partial charge in [-0.1, -0.05) is 12.2 Å². The second-order valence-corrected chi connectivity index (χ2v) is 3.94. The van der Waals surface area contributed by atoms with Crippen molar-refractivity contribution in [3.8, 4) is 0 Å². The Kier molecular flexibility index (Phi) is 6.39. The molecule has 0 rings (SSSR count). The van der Waals surface area contributed by atoms with Gasteiger partial charge in [-0.25, -0.2) is 0 Å². The molecule has 0 nitrogen and oxygen atoms in total. The number of rotatable bonds is 3. The van der Waals surface area contributed by atoms with E-state index >= 15 is 0 Å². The topological polar surface area (TPSA) is 0 Å². The summed E-state index contributed by atoms with van der Waals surface area (Å²) in [5, 5.41) is 0. The van der Waals surface area contributed by atoms with Crippen molar-refractivity contribution < 1.29 is 0 Å². The van der Waals surface area contributed by atoms with Crippen LogP contribution in [0.2, 0.25) is 0 Å². The number of thioether (sulfide) groups is 1. The third kappa shape index (κ3) is 6.73. The van der Waals surface area contributed by atoms with Gasteiger partial charge in [0.2, 0.25) is 0 Å². The summed E-state index contributed by atoms with van der Waals surface area (Å²) in [7, 11) is 0. The molecule has 0 aromatic carbocycles. The van der Waals surface area contributed by atoms with Crippen LogP contribution in [0.1, 0.15) is 13.3 Å². The quantitative estimate of drug-likeness (QED) is 0.361. The number of hydrogen-bond donors (Lipinski definition) is 0. The molecule has 0 aliphatic heterocycles. The molecule has 8 heavy (non-hydrogen) atoms. The van der Waals surface area contributed by atoms with Crippen LogP contribution in [0.15, 0.2) is 0 Å². The maximum atomic E-state index is 5.43. The lowest BCUT2D eigenvalue weighted by Gasteiger charge is -1.92. The molecule has 0 bridgehead atoms. The monoisotopic (exact) mass is 168 g/mol. The van der Waals surface area contributed by atoms with Crippen molar-refractivity contribution in [3.63, 3.8) is 0 Å². The molecule has 3 heteroatoms. The molecular weight excluding hydrogens is 160 g/mol. The zero-order valence-corrected chi connectivity index (χ0v) is 7.20. The summed E-state index contributed by atoms with van der Waals surface area (Å²) < 4.78 is 1.01. The fourth-order valence-electron chi connectivity index (χ4n) is 0.270. The molecule has 48 valence electrons. The van der Waals surface area contributed by atoms with Crippen molar-refractivity contribution in [2.45, 2.75) is 13.3 Å². The molecule has 0 aliphatic rings. The van der Waals surface area contributed by atoms with Crippen molar-refractivity contribution >= 4 is 39.8 Å². The SMILES string of the molecule is CC(=S)SCCCCl. The van der Waals surface area contributed by atoms with E-state index in [2.05, 4.69) is 0 Å². The normalized spacial score (nSPS) is 9.25. The zero-order chi connectivity index (χ0) is 6.41. The minimum Gasteiger partial charge on any atom is -0.127 e. The van der Waals surface area contributed by atoms with Gasteiger partial charge in [-0.2, -0.15) is 0 Å². The summed E-state index contributed by atoms with van der Waals surface area (Å²) in [6, 6.07) is 0. The van der Waals surface area contributed by atoms with Gasteiger partial charge in [-0.3, -0.25) is 0 Å². The average Bonchev–Trinajstić information content (AvgIpc) is 1.66. The van der Waals surface area contributed by atoms with Crippen molar-refractivity contribution in [2.75, 3.05) is 11.6 Å². The van der Waals surface area contributed by atoms with Gasteiger partial charge in [0, 0.05) is 10.1 Å². The van der Waals surface area contributed by atoms with Crippen LogP contribution < -0.4 is 0 Å². The van der Waals surface area contributed by atoms with Gasteiger partial charge in [-0.05, 0) is 19.1 Å². The maximum absolute atomic E-state index is 5.43. The summed E-state index contributed by atoms with van der Waals surface area (Å²) >= 11 is 12.0. The number of alkyl halides is 1. The van der Waals surface area contributed by atoms with E-state index < -0.39 is 0 Å². The van der Waals surface area contributed by atoms with E-state index in [1.807, 2.05) is 6.92 Å². The van der Waals surface area contributed by atoms with Gasteiger partial charge >= 0.3 is 0 Å². The Hall–Kier alpha value is 0.730. The summed E-state index contributed by atoms with van der Waals surface area (Å²) in [6.45, 7) is 1.94. The van der Waals surface area contributed by atoms with Crippen molar-refractivity contribution in [3.05, 3.63) is 0 Å². The molecule has 0 aliphatic carbocycles. The molecule has 0 radical (unpaired) electrons. The highest BCUT2D eigenvalue weighted by Gasteiger charge is 1.87. The lowest BCUT2D eigenvalue weighted by molar-refractivity contribution is 1.12. The van der Waals surface area contributed by atoms with Gasteiger partial charge in [0.05, 0.1) is 0 Å². The Labute approximate surface area is 65.0 Å². The van der Waals surface area contributed by atoms with E-state index in [0.29, 0.717) is 0 Å². The molecule has 0 saturated carbocycles. The second kappa shape index (κ2) is 5.86. The first-order valence-corrected chi connectivity index (χ1v) is 4.39. The van der Waals surface area contributed by atoms with Crippen LogP contribution >= 0.6 is 35.6 Å². The highest BCUT2D eigenvalue weighted by molar-refractivity contribution is 8.23. The molecule has 0 amide bonds. The molecule has 0 aromatic rings. The molecule has 0 atom stereocenters. The van der Waals surface area contributed by atoms with Gasteiger partial charge in [0.25, 0.3) is 0 Å². The molecule has 0 unspecified atom stereocenters. The minimum absolute atomic E-state index is 0.746. The Morgan fingerprint density at radius 1 is 1.75 bits per heavy atom.